The first-order chi connectivity index (χ1) is 17.9. The van der Waals surface area contributed by atoms with Crippen molar-refractivity contribution in [2.24, 2.45) is 5.10 Å². The van der Waals surface area contributed by atoms with Crippen LogP contribution in [0.5, 0.6) is 11.5 Å². The average Bonchev–Trinajstić information content (AvgIpc) is 2.91. The molecule has 0 aliphatic heterocycles. The maximum absolute atomic E-state index is 13.3. The lowest BCUT2D eigenvalue weighted by Gasteiger charge is -2.12. The summed E-state index contributed by atoms with van der Waals surface area (Å²) < 4.78 is 13.5. The summed E-state index contributed by atoms with van der Waals surface area (Å²) in [5.41, 5.74) is 1.76. The zero-order chi connectivity index (χ0) is 26.4. The lowest BCUT2D eigenvalue weighted by Crippen LogP contribution is -2.22. The Hall–Kier alpha value is -4.05. The molecule has 0 N–H and O–H groups in total. The van der Waals surface area contributed by atoms with Gasteiger partial charge in [0, 0.05) is 23.0 Å². The minimum absolute atomic E-state index is 0.00344. The van der Waals surface area contributed by atoms with Crippen molar-refractivity contribution >= 4 is 38.7 Å². The van der Waals surface area contributed by atoms with Crippen LogP contribution in [0.1, 0.15) is 36.7 Å². The van der Waals surface area contributed by atoms with Crippen molar-refractivity contribution in [3.8, 4) is 11.5 Å². The van der Waals surface area contributed by atoms with Crippen molar-refractivity contribution in [3.63, 3.8) is 0 Å². The van der Waals surface area contributed by atoms with Crippen LogP contribution >= 0.6 is 15.9 Å². The number of aromatic nitrogens is 2. The van der Waals surface area contributed by atoms with Crippen LogP contribution < -0.4 is 15.0 Å². The van der Waals surface area contributed by atoms with Crippen LogP contribution in [0.2, 0.25) is 0 Å². The normalized spacial score (nSPS) is 11.2. The molecule has 190 valence electrons. The van der Waals surface area contributed by atoms with Gasteiger partial charge in [0.2, 0.25) is 0 Å². The van der Waals surface area contributed by atoms with Gasteiger partial charge in [0.05, 0.1) is 29.2 Å². The van der Waals surface area contributed by atoms with Crippen molar-refractivity contribution in [3.05, 3.63) is 103 Å². The molecule has 0 radical (unpaired) electrons. The minimum atomic E-state index is -0.443. The summed E-state index contributed by atoms with van der Waals surface area (Å²) in [5.74, 6) is 1.54. The topological polar surface area (TPSA) is 109 Å². The second kappa shape index (κ2) is 11.8. The van der Waals surface area contributed by atoms with E-state index in [0.29, 0.717) is 45.8 Å². The predicted octanol–water partition coefficient (Wildman–Crippen LogP) is 5.88. The van der Waals surface area contributed by atoms with Gasteiger partial charge in [-0.15, -0.1) is 0 Å². The Morgan fingerprint density at radius 2 is 1.97 bits per heavy atom. The highest BCUT2D eigenvalue weighted by atomic mass is 79.9. The fraction of sp³-hybridized carbons (Fsp3) is 0.222. The van der Waals surface area contributed by atoms with Crippen molar-refractivity contribution in [1.29, 1.82) is 0 Å². The van der Waals surface area contributed by atoms with Gasteiger partial charge in [-0.2, -0.15) is 9.78 Å². The summed E-state index contributed by atoms with van der Waals surface area (Å²) in [4.78, 5) is 28.5. The van der Waals surface area contributed by atoms with Gasteiger partial charge in [0.15, 0.2) is 11.5 Å². The molecule has 4 rings (SSSR count). The second-order valence-electron chi connectivity index (χ2n) is 8.28. The maximum Gasteiger partial charge on any atom is 0.282 e. The van der Waals surface area contributed by atoms with E-state index in [1.165, 1.54) is 23.9 Å². The number of nitro benzene ring substituents is 1. The quantitative estimate of drug-likeness (QED) is 0.135. The molecule has 0 unspecified atom stereocenters. The summed E-state index contributed by atoms with van der Waals surface area (Å²) in [6.07, 6.45) is 4.05. The number of unbranched alkanes of at least 4 members (excludes halogenated alkanes) is 1. The molecule has 1 heterocycles. The largest absolute Gasteiger partial charge is 0.493 e. The molecule has 0 bridgehead atoms. The summed E-state index contributed by atoms with van der Waals surface area (Å²) in [6.45, 7) is 2.22. The standard InChI is InChI=1S/C27H25BrN4O5/c1-3-4-8-26-30-23-11-10-20(28)15-22(23)27(33)31(26)29-16-18-9-12-24(25(14-18)36-2)37-17-19-6-5-7-21(13-19)32(34)35/h5-7,9-16H,3-4,8,17H2,1-2H3. The molecule has 0 amide bonds. The number of fused-ring (bicyclic) bond motifs is 1. The maximum atomic E-state index is 13.3. The van der Waals surface area contributed by atoms with Crippen molar-refractivity contribution in [2.45, 2.75) is 32.8 Å². The number of halogens is 1. The Kier molecular flexibility index (Phi) is 8.29. The third kappa shape index (κ3) is 6.21. The number of non-ortho nitro benzene ring substituents is 1. The van der Waals surface area contributed by atoms with Crippen LogP contribution in [0.4, 0.5) is 5.69 Å². The Morgan fingerprint density at radius 3 is 2.73 bits per heavy atom. The summed E-state index contributed by atoms with van der Waals surface area (Å²) >= 11 is 3.42. The number of methoxy groups -OCH3 is 1. The van der Waals surface area contributed by atoms with Crippen molar-refractivity contribution in [2.75, 3.05) is 7.11 Å². The van der Waals surface area contributed by atoms with Gasteiger partial charge in [-0.3, -0.25) is 14.9 Å². The van der Waals surface area contributed by atoms with Gasteiger partial charge in [-0.1, -0.05) is 41.4 Å². The number of nitrogens with zero attached hydrogens (tertiary/aromatic N) is 4. The van der Waals surface area contributed by atoms with Gasteiger partial charge in [-0.05, 0) is 53.9 Å². The molecule has 10 heteroatoms. The van der Waals surface area contributed by atoms with E-state index in [1.54, 1.807) is 42.6 Å². The zero-order valence-electron chi connectivity index (χ0n) is 20.4. The van der Waals surface area contributed by atoms with Crippen LogP contribution in [0.3, 0.4) is 0 Å². The highest BCUT2D eigenvalue weighted by molar-refractivity contribution is 9.10. The molecular weight excluding hydrogens is 540 g/mol. The second-order valence-corrected chi connectivity index (χ2v) is 9.20. The minimum Gasteiger partial charge on any atom is -0.493 e. The van der Waals surface area contributed by atoms with Crippen LogP contribution in [0.25, 0.3) is 10.9 Å². The lowest BCUT2D eigenvalue weighted by atomic mass is 10.2. The van der Waals surface area contributed by atoms with E-state index in [0.717, 1.165) is 17.3 Å². The lowest BCUT2D eigenvalue weighted by molar-refractivity contribution is -0.384. The highest BCUT2D eigenvalue weighted by Gasteiger charge is 2.12. The smallest absolute Gasteiger partial charge is 0.282 e. The summed E-state index contributed by atoms with van der Waals surface area (Å²) in [5, 5.41) is 16.0. The number of hydrogen-bond acceptors (Lipinski definition) is 7. The van der Waals surface area contributed by atoms with Crippen LogP contribution in [-0.4, -0.2) is 27.9 Å². The number of nitro groups is 1. The van der Waals surface area contributed by atoms with Gasteiger partial charge in [0.25, 0.3) is 11.2 Å². The molecule has 0 spiro atoms. The number of hydrogen-bond donors (Lipinski definition) is 0. The number of aryl methyl sites for hydroxylation is 1. The predicted molar refractivity (Wildman–Crippen MR) is 146 cm³/mol. The Labute approximate surface area is 221 Å². The molecule has 0 fully saturated rings. The molecule has 0 aliphatic rings. The molecule has 1 aromatic heterocycles. The zero-order valence-corrected chi connectivity index (χ0v) is 22.0. The third-order valence-corrected chi connectivity index (χ3v) is 6.15. The fourth-order valence-electron chi connectivity index (χ4n) is 3.74. The molecule has 37 heavy (non-hydrogen) atoms. The molecule has 0 saturated heterocycles. The average molecular weight is 565 g/mol. The van der Waals surface area contributed by atoms with Crippen molar-refractivity contribution < 1.29 is 14.4 Å². The number of ether oxygens (including phenoxy) is 2. The molecule has 0 aliphatic carbocycles. The van der Waals surface area contributed by atoms with Gasteiger partial charge in [-0.25, -0.2) is 4.98 Å². The van der Waals surface area contributed by atoms with Gasteiger partial charge in [0.1, 0.15) is 12.4 Å². The number of benzene rings is 3. The first kappa shape index (κ1) is 26.0. The molecule has 3 aromatic carbocycles. The van der Waals surface area contributed by atoms with Gasteiger partial charge >= 0.3 is 0 Å². The molecule has 4 aromatic rings. The van der Waals surface area contributed by atoms with Crippen LogP contribution in [0, 0.1) is 10.1 Å². The monoisotopic (exact) mass is 564 g/mol. The van der Waals surface area contributed by atoms with E-state index >= 15 is 0 Å². The molecule has 0 atom stereocenters. The summed E-state index contributed by atoms with van der Waals surface area (Å²) in [6, 6.07) is 17.0. The van der Waals surface area contributed by atoms with Crippen LogP contribution in [-0.2, 0) is 13.0 Å². The molecule has 0 saturated carbocycles. The highest BCUT2D eigenvalue weighted by Crippen LogP contribution is 2.29. The van der Waals surface area contributed by atoms with E-state index < -0.39 is 4.92 Å². The van der Waals surface area contributed by atoms with E-state index in [2.05, 4.69) is 32.9 Å². The van der Waals surface area contributed by atoms with Crippen LogP contribution in [0.15, 0.2) is 75.0 Å². The first-order valence-electron chi connectivity index (χ1n) is 11.7. The van der Waals surface area contributed by atoms with Gasteiger partial charge < -0.3 is 9.47 Å². The third-order valence-electron chi connectivity index (χ3n) is 5.65. The Morgan fingerprint density at radius 1 is 1.14 bits per heavy atom. The Balaban J connectivity index is 1.60. The number of rotatable bonds is 10. The van der Waals surface area contributed by atoms with E-state index in [-0.39, 0.29) is 17.9 Å². The SMILES string of the molecule is CCCCc1nc2ccc(Br)cc2c(=O)n1N=Cc1ccc(OCc2cccc([N+](=O)[O-])c2)c(OC)c1. The van der Waals surface area contributed by atoms with E-state index in [4.69, 9.17) is 9.47 Å². The molecular formula is C27H25BrN4O5. The van der Waals surface area contributed by atoms with E-state index in [9.17, 15) is 14.9 Å². The van der Waals surface area contributed by atoms with Crippen molar-refractivity contribution in [1.82, 2.24) is 9.66 Å². The Bertz CT molecular complexity index is 1530. The summed E-state index contributed by atoms with van der Waals surface area (Å²) in [7, 11) is 1.52. The van der Waals surface area contributed by atoms with E-state index in [1.807, 2.05) is 12.1 Å². The first-order valence-corrected chi connectivity index (χ1v) is 12.5. The fourth-order valence-corrected chi connectivity index (χ4v) is 4.10. The molecule has 9 nitrogen and oxygen atoms in total.